The molecule has 2 amide bonds. The van der Waals surface area contributed by atoms with Crippen LogP contribution in [0.5, 0.6) is 0 Å². The molecule has 0 saturated carbocycles. The third-order valence-electron chi connectivity index (χ3n) is 5.41. The molecule has 5 heteroatoms. The largest absolute Gasteiger partial charge is 0.351 e. The summed E-state index contributed by atoms with van der Waals surface area (Å²) in [4.78, 5) is 31.4. The van der Waals surface area contributed by atoms with Crippen LogP contribution in [0.4, 0.5) is 0 Å². The molecule has 154 valence electrons. The van der Waals surface area contributed by atoms with Crippen molar-refractivity contribution >= 4 is 11.8 Å². The van der Waals surface area contributed by atoms with Crippen molar-refractivity contribution in [3.63, 3.8) is 0 Å². The number of carbonyl (C=O) groups excluding carboxylic acids is 2. The van der Waals surface area contributed by atoms with Crippen molar-refractivity contribution in [3.8, 4) is 0 Å². The Balaban J connectivity index is 1.75. The van der Waals surface area contributed by atoms with Crippen molar-refractivity contribution in [1.82, 2.24) is 15.2 Å². The average Bonchev–Trinajstić information content (AvgIpc) is 2.79. The van der Waals surface area contributed by atoms with Gasteiger partial charge in [0.25, 0.3) is 11.8 Å². The van der Waals surface area contributed by atoms with Crippen molar-refractivity contribution in [2.75, 3.05) is 13.6 Å². The second kappa shape index (κ2) is 9.83. The van der Waals surface area contributed by atoms with Gasteiger partial charge in [-0.3, -0.25) is 14.6 Å². The second-order valence-corrected chi connectivity index (χ2v) is 7.61. The SMILES string of the molecule is CN(C(=O)c1ccccc1)C(C)(CCNC(=O)c1ccccn1)Cc1ccccc1. The molecule has 5 nitrogen and oxygen atoms in total. The first-order valence-electron chi connectivity index (χ1n) is 10.1. The number of pyridine rings is 1. The minimum absolute atomic E-state index is 0.0370. The van der Waals surface area contributed by atoms with Crippen LogP contribution in [0.3, 0.4) is 0 Å². The van der Waals surface area contributed by atoms with Gasteiger partial charge in [0.1, 0.15) is 5.69 Å². The van der Waals surface area contributed by atoms with E-state index in [0.717, 1.165) is 5.56 Å². The number of aromatic nitrogens is 1. The fourth-order valence-corrected chi connectivity index (χ4v) is 3.46. The number of nitrogens with zero attached hydrogens (tertiary/aromatic N) is 2. The van der Waals surface area contributed by atoms with Crippen molar-refractivity contribution in [2.24, 2.45) is 0 Å². The molecule has 0 spiro atoms. The molecule has 0 bridgehead atoms. The van der Waals surface area contributed by atoms with Gasteiger partial charge in [0.15, 0.2) is 0 Å². The molecule has 0 saturated heterocycles. The van der Waals surface area contributed by atoms with Gasteiger partial charge in [0.05, 0.1) is 0 Å². The first-order valence-corrected chi connectivity index (χ1v) is 10.1. The van der Waals surface area contributed by atoms with Crippen LogP contribution in [0.25, 0.3) is 0 Å². The fraction of sp³-hybridized carbons (Fsp3) is 0.240. The van der Waals surface area contributed by atoms with Crippen LogP contribution in [0, 0.1) is 0 Å². The van der Waals surface area contributed by atoms with Crippen LogP contribution in [-0.2, 0) is 6.42 Å². The summed E-state index contributed by atoms with van der Waals surface area (Å²) in [5, 5.41) is 2.93. The molecule has 1 N–H and O–H groups in total. The van der Waals surface area contributed by atoms with Gasteiger partial charge in [0.2, 0.25) is 0 Å². The summed E-state index contributed by atoms with van der Waals surface area (Å²) in [5.74, 6) is -0.250. The molecule has 1 aromatic heterocycles. The zero-order chi connectivity index (χ0) is 21.4. The predicted octanol–water partition coefficient (Wildman–Crippen LogP) is 3.98. The standard InChI is InChI=1S/C25H27N3O2/c1-25(19-20-11-5-3-6-12-20,28(2)24(30)21-13-7-4-8-14-21)16-18-27-23(29)22-15-9-10-17-26-22/h3-15,17H,16,18-19H2,1-2H3,(H,27,29). The normalized spacial score (nSPS) is 12.6. The van der Waals surface area contributed by atoms with E-state index in [0.29, 0.717) is 30.6 Å². The first kappa shape index (κ1) is 21.2. The Morgan fingerprint density at radius 2 is 1.57 bits per heavy atom. The summed E-state index contributed by atoms with van der Waals surface area (Å²) in [5.41, 5.74) is 1.70. The van der Waals surface area contributed by atoms with Crippen LogP contribution in [0.1, 0.15) is 39.8 Å². The Hall–Kier alpha value is -3.47. The van der Waals surface area contributed by atoms with E-state index in [2.05, 4.69) is 29.4 Å². The van der Waals surface area contributed by atoms with Crippen molar-refractivity contribution in [1.29, 1.82) is 0 Å². The Labute approximate surface area is 177 Å². The maximum Gasteiger partial charge on any atom is 0.269 e. The number of likely N-dealkylation sites (N-methyl/N-ethyl adjacent to an activating group) is 1. The van der Waals surface area contributed by atoms with Crippen LogP contribution in [0.2, 0.25) is 0 Å². The van der Waals surface area contributed by atoms with E-state index >= 15 is 0 Å². The first-order chi connectivity index (χ1) is 14.5. The molecule has 3 rings (SSSR count). The van der Waals surface area contributed by atoms with Crippen molar-refractivity contribution < 1.29 is 9.59 Å². The number of amides is 2. The highest BCUT2D eigenvalue weighted by atomic mass is 16.2. The monoisotopic (exact) mass is 401 g/mol. The minimum atomic E-state index is -0.480. The maximum atomic E-state index is 13.1. The maximum absolute atomic E-state index is 13.1. The Kier molecular flexibility index (Phi) is 6.96. The third kappa shape index (κ3) is 5.32. The summed E-state index contributed by atoms with van der Waals surface area (Å²) in [6.45, 7) is 2.50. The van der Waals surface area contributed by atoms with Crippen LogP contribution >= 0.6 is 0 Å². The van der Waals surface area contributed by atoms with E-state index in [-0.39, 0.29) is 11.8 Å². The van der Waals surface area contributed by atoms with Gasteiger partial charge < -0.3 is 10.2 Å². The highest BCUT2D eigenvalue weighted by Crippen LogP contribution is 2.25. The summed E-state index contributed by atoms with van der Waals surface area (Å²) in [7, 11) is 1.83. The molecule has 0 radical (unpaired) electrons. The van der Waals surface area contributed by atoms with Gasteiger partial charge in [-0.15, -0.1) is 0 Å². The minimum Gasteiger partial charge on any atom is -0.351 e. The lowest BCUT2D eigenvalue weighted by molar-refractivity contribution is 0.0574. The quantitative estimate of drug-likeness (QED) is 0.621. The number of nitrogens with one attached hydrogen (secondary N) is 1. The summed E-state index contributed by atoms with van der Waals surface area (Å²) in [6, 6.07) is 24.6. The zero-order valence-electron chi connectivity index (χ0n) is 17.4. The molecule has 0 aliphatic carbocycles. The molecule has 1 unspecified atom stereocenters. The van der Waals surface area contributed by atoms with Gasteiger partial charge in [-0.25, -0.2) is 0 Å². The lowest BCUT2D eigenvalue weighted by Crippen LogP contribution is -2.50. The average molecular weight is 402 g/mol. The van der Waals surface area contributed by atoms with Gasteiger partial charge in [-0.2, -0.15) is 0 Å². The summed E-state index contributed by atoms with van der Waals surface area (Å²) >= 11 is 0. The molecule has 3 aromatic rings. The van der Waals surface area contributed by atoms with E-state index in [1.165, 1.54) is 0 Å². The topological polar surface area (TPSA) is 62.3 Å². The molecule has 30 heavy (non-hydrogen) atoms. The van der Waals surface area contributed by atoms with Gasteiger partial charge in [0, 0.05) is 30.9 Å². The second-order valence-electron chi connectivity index (χ2n) is 7.61. The third-order valence-corrected chi connectivity index (χ3v) is 5.41. The number of rotatable bonds is 8. The van der Waals surface area contributed by atoms with Crippen molar-refractivity contribution in [3.05, 3.63) is 102 Å². The number of hydrogen-bond donors (Lipinski definition) is 1. The zero-order valence-corrected chi connectivity index (χ0v) is 17.4. The predicted molar refractivity (Wildman–Crippen MR) is 118 cm³/mol. The lowest BCUT2D eigenvalue weighted by Gasteiger charge is -2.39. The van der Waals surface area contributed by atoms with E-state index in [1.807, 2.05) is 55.6 Å². The Bertz CT molecular complexity index is 961. The molecular weight excluding hydrogens is 374 g/mol. The van der Waals surface area contributed by atoms with Crippen molar-refractivity contribution in [2.45, 2.75) is 25.3 Å². The number of hydrogen-bond acceptors (Lipinski definition) is 3. The molecule has 1 atom stereocenters. The highest BCUT2D eigenvalue weighted by molar-refractivity contribution is 5.94. The molecule has 2 aromatic carbocycles. The molecule has 0 aliphatic heterocycles. The number of benzene rings is 2. The van der Waals surface area contributed by atoms with Crippen LogP contribution in [0.15, 0.2) is 85.1 Å². The van der Waals surface area contributed by atoms with E-state index in [9.17, 15) is 9.59 Å². The smallest absolute Gasteiger partial charge is 0.269 e. The molecule has 0 aliphatic rings. The van der Waals surface area contributed by atoms with Gasteiger partial charge in [-0.1, -0.05) is 54.6 Å². The highest BCUT2D eigenvalue weighted by Gasteiger charge is 2.33. The van der Waals surface area contributed by atoms with E-state index in [1.54, 1.807) is 29.3 Å². The van der Waals surface area contributed by atoms with E-state index in [4.69, 9.17) is 0 Å². The molecular formula is C25H27N3O2. The fourth-order valence-electron chi connectivity index (χ4n) is 3.46. The Morgan fingerprint density at radius 3 is 2.20 bits per heavy atom. The van der Waals surface area contributed by atoms with Crippen LogP contribution in [-0.4, -0.2) is 40.8 Å². The summed E-state index contributed by atoms with van der Waals surface area (Å²) < 4.78 is 0. The molecule has 0 fully saturated rings. The molecule has 1 heterocycles. The lowest BCUT2D eigenvalue weighted by atomic mass is 9.87. The van der Waals surface area contributed by atoms with Crippen LogP contribution < -0.4 is 5.32 Å². The van der Waals surface area contributed by atoms with Gasteiger partial charge in [-0.05, 0) is 49.6 Å². The Morgan fingerprint density at radius 1 is 0.933 bits per heavy atom. The van der Waals surface area contributed by atoms with Gasteiger partial charge >= 0.3 is 0 Å². The number of carbonyl (C=O) groups is 2. The summed E-state index contributed by atoms with van der Waals surface area (Å²) in [6.07, 6.45) is 2.89. The van der Waals surface area contributed by atoms with E-state index < -0.39 is 5.54 Å².